The third-order valence-electron chi connectivity index (χ3n) is 1.59. The van der Waals surface area contributed by atoms with E-state index in [-0.39, 0.29) is 5.41 Å². The van der Waals surface area contributed by atoms with Crippen LogP contribution in [-0.4, -0.2) is 9.78 Å². The predicted octanol–water partition coefficient (Wildman–Crippen LogP) is 2.74. The molecule has 0 aliphatic carbocycles. The third-order valence-corrected chi connectivity index (χ3v) is 1.59. The van der Waals surface area contributed by atoms with Gasteiger partial charge in [-0.3, -0.25) is 4.68 Å². The Balaban J connectivity index is 0.000000561. The molecule has 70 valence electrons. The van der Waals surface area contributed by atoms with Gasteiger partial charge in [-0.05, 0) is 6.07 Å². The molecule has 0 radical (unpaired) electrons. The summed E-state index contributed by atoms with van der Waals surface area (Å²) in [4.78, 5) is 0. The largest absolute Gasteiger partial charge is 0.272 e. The van der Waals surface area contributed by atoms with Crippen molar-refractivity contribution in [2.75, 3.05) is 0 Å². The zero-order valence-electron chi connectivity index (χ0n) is 9.05. The second-order valence-electron chi connectivity index (χ2n) is 3.59. The van der Waals surface area contributed by atoms with Crippen molar-refractivity contribution >= 4 is 0 Å². The first-order valence-corrected chi connectivity index (χ1v) is 4.50. The van der Waals surface area contributed by atoms with Gasteiger partial charge in [-0.2, -0.15) is 5.10 Å². The third kappa shape index (κ3) is 2.68. The lowest BCUT2D eigenvalue weighted by Crippen LogP contribution is -2.16. The van der Waals surface area contributed by atoms with Crippen molar-refractivity contribution in [3.8, 4) is 0 Å². The van der Waals surface area contributed by atoms with Gasteiger partial charge in [-0.1, -0.05) is 34.6 Å². The normalized spacial score (nSPS) is 10.5. The predicted molar refractivity (Wildman–Crippen MR) is 53.3 cm³/mol. The van der Waals surface area contributed by atoms with E-state index >= 15 is 0 Å². The minimum atomic E-state index is 0.214. The van der Waals surface area contributed by atoms with Crippen molar-refractivity contribution in [2.45, 2.75) is 40.0 Å². The number of hydrogen-bond acceptors (Lipinski definition) is 1. The molecular weight excluding hydrogens is 148 g/mol. The molecule has 2 heteroatoms. The average molecular weight is 168 g/mol. The summed E-state index contributed by atoms with van der Waals surface area (Å²) in [5, 5.41) is 4.10. The van der Waals surface area contributed by atoms with Gasteiger partial charge in [0.25, 0.3) is 0 Å². The molecule has 0 unspecified atom stereocenters. The van der Waals surface area contributed by atoms with E-state index < -0.39 is 0 Å². The molecule has 0 N–H and O–H groups in total. The standard InChI is InChI=1S/C8H14N2.C2H6/c1-8(2,3)7-5-6-9-10(7)4;1-2/h5-6H,1-4H3;1-2H3. The molecule has 0 aromatic carbocycles. The molecule has 0 spiro atoms. The lowest BCUT2D eigenvalue weighted by molar-refractivity contribution is 0.523. The molecule has 1 aromatic rings. The Hall–Kier alpha value is -0.790. The van der Waals surface area contributed by atoms with E-state index in [2.05, 4.69) is 31.9 Å². The van der Waals surface area contributed by atoms with Gasteiger partial charge in [0.15, 0.2) is 0 Å². The van der Waals surface area contributed by atoms with Crippen molar-refractivity contribution in [1.82, 2.24) is 9.78 Å². The zero-order chi connectivity index (χ0) is 9.78. The Morgan fingerprint density at radius 3 is 1.92 bits per heavy atom. The molecule has 0 aliphatic rings. The Labute approximate surface area is 75.6 Å². The van der Waals surface area contributed by atoms with Crippen LogP contribution in [0.5, 0.6) is 0 Å². The number of nitrogens with zero attached hydrogens (tertiary/aromatic N) is 2. The summed E-state index contributed by atoms with van der Waals surface area (Å²) in [7, 11) is 1.97. The van der Waals surface area contributed by atoms with Gasteiger partial charge in [0.05, 0.1) is 0 Å². The number of aromatic nitrogens is 2. The number of rotatable bonds is 0. The van der Waals surface area contributed by atoms with Crippen LogP contribution < -0.4 is 0 Å². The smallest absolute Gasteiger partial charge is 0.0492 e. The number of hydrogen-bond donors (Lipinski definition) is 0. The summed E-state index contributed by atoms with van der Waals surface area (Å²) in [5.74, 6) is 0. The summed E-state index contributed by atoms with van der Waals surface area (Å²) < 4.78 is 1.92. The molecule has 0 saturated carbocycles. The molecule has 0 bridgehead atoms. The van der Waals surface area contributed by atoms with E-state index in [4.69, 9.17) is 0 Å². The fourth-order valence-electron chi connectivity index (χ4n) is 1.11. The van der Waals surface area contributed by atoms with Crippen molar-refractivity contribution in [1.29, 1.82) is 0 Å². The van der Waals surface area contributed by atoms with E-state index in [9.17, 15) is 0 Å². The first kappa shape index (κ1) is 11.2. The molecule has 0 amide bonds. The van der Waals surface area contributed by atoms with Crippen molar-refractivity contribution in [3.05, 3.63) is 18.0 Å². The van der Waals surface area contributed by atoms with Crippen molar-refractivity contribution in [3.63, 3.8) is 0 Å². The number of aryl methyl sites for hydroxylation is 1. The summed E-state index contributed by atoms with van der Waals surface area (Å²) in [6.45, 7) is 10.6. The van der Waals surface area contributed by atoms with Gasteiger partial charge < -0.3 is 0 Å². The van der Waals surface area contributed by atoms with Gasteiger partial charge >= 0.3 is 0 Å². The molecule has 12 heavy (non-hydrogen) atoms. The second kappa shape index (κ2) is 4.29. The Morgan fingerprint density at radius 1 is 1.25 bits per heavy atom. The molecule has 0 saturated heterocycles. The van der Waals surface area contributed by atoms with Gasteiger partial charge in [0.1, 0.15) is 0 Å². The van der Waals surface area contributed by atoms with Crippen LogP contribution in [0.2, 0.25) is 0 Å². The molecule has 0 atom stereocenters. The van der Waals surface area contributed by atoms with Gasteiger partial charge in [0.2, 0.25) is 0 Å². The molecular formula is C10H20N2. The summed E-state index contributed by atoms with van der Waals surface area (Å²) in [6, 6.07) is 2.06. The van der Waals surface area contributed by atoms with E-state index in [1.165, 1.54) is 5.69 Å². The highest BCUT2D eigenvalue weighted by molar-refractivity contribution is 5.11. The molecule has 1 rings (SSSR count). The Morgan fingerprint density at radius 2 is 1.75 bits per heavy atom. The van der Waals surface area contributed by atoms with Crippen LogP contribution in [0.15, 0.2) is 12.3 Å². The first-order valence-electron chi connectivity index (χ1n) is 4.50. The van der Waals surface area contributed by atoms with Crippen molar-refractivity contribution < 1.29 is 0 Å². The highest BCUT2D eigenvalue weighted by Crippen LogP contribution is 2.20. The lowest BCUT2D eigenvalue weighted by atomic mass is 9.92. The maximum atomic E-state index is 4.10. The van der Waals surface area contributed by atoms with Crippen LogP contribution >= 0.6 is 0 Å². The monoisotopic (exact) mass is 168 g/mol. The highest BCUT2D eigenvalue weighted by atomic mass is 15.3. The Bertz CT molecular complexity index is 218. The van der Waals surface area contributed by atoms with E-state index in [0.717, 1.165) is 0 Å². The van der Waals surface area contributed by atoms with Crippen molar-refractivity contribution in [2.24, 2.45) is 7.05 Å². The van der Waals surface area contributed by atoms with Gasteiger partial charge in [0, 0.05) is 24.4 Å². The average Bonchev–Trinajstić information content (AvgIpc) is 2.38. The fourth-order valence-corrected chi connectivity index (χ4v) is 1.11. The fraction of sp³-hybridized carbons (Fsp3) is 0.700. The summed E-state index contributed by atoms with van der Waals surface area (Å²) in [5.41, 5.74) is 1.48. The van der Waals surface area contributed by atoms with E-state index in [0.29, 0.717) is 0 Å². The molecule has 0 fully saturated rings. The topological polar surface area (TPSA) is 17.8 Å². The lowest BCUT2D eigenvalue weighted by Gasteiger charge is -2.17. The summed E-state index contributed by atoms with van der Waals surface area (Å²) >= 11 is 0. The van der Waals surface area contributed by atoms with Crippen LogP contribution in [0.25, 0.3) is 0 Å². The van der Waals surface area contributed by atoms with E-state index in [1.54, 1.807) is 0 Å². The summed E-state index contributed by atoms with van der Waals surface area (Å²) in [6.07, 6.45) is 1.83. The second-order valence-corrected chi connectivity index (χ2v) is 3.59. The van der Waals surface area contributed by atoms with Crippen LogP contribution in [0.3, 0.4) is 0 Å². The molecule has 1 heterocycles. The maximum absolute atomic E-state index is 4.10. The van der Waals surface area contributed by atoms with Crippen LogP contribution in [0.4, 0.5) is 0 Å². The molecule has 1 aromatic heterocycles. The Kier molecular flexibility index (Phi) is 4.01. The van der Waals surface area contributed by atoms with Gasteiger partial charge in [-0.25, -0.2) is 0 Å². The zero-order valence-corrected chi connectivity index (χ0v) is 9.05. The van der Waals surface area contributed by atoms with Crippen LogP contribution in [-0.2, 0) is 12.5 Å². The minimum absolute atomic E-state index is 0.214. The minimum Gasteiger partial charge on any atom is -0.272 e. The quantitative estimate of drug-likeness (QED) is 0.582. The van der Waals surface area contributed by atoms with E-state index in [1.807, 2.05) is 31.8 Å². The highest BCUT2D eigenvalue weighted by Gasteiger charge is 2.16. The van der Waals surface area contributed by atoms with Crippen LogP contribution in [0, 0.1) is 0 Å². The van der Waals surface area contributed by atoms with Crippen LogP contribution in [0.1, 0.15) is 40.3 Å². The maximum Gasteiger partial charge on any atom is 0.0492 e. The molecule has 0 aliphatic heterocycles. The molecule has 2 nitrogen and oxygen atoms in total. The van der Waals surface area contributed by atoms with Gasteiger partial charge in [-0.15, -0.1) is 0 Å². The SMILES string of the molecule is CC.Cn1nccc1C(C)(C)C. The first-order chi connectivity index (χ1) is 5.52.